The van der Waals surface area contributed by atoms with Crippen LogP contribution >= 0.6 is 0 Å². The minimum Gasteiger partial charge on any atom is -0.383 e. The van der Waals surface area contributed by atoms with Crippen LogP contribution in [0.5, 0.6) is 0 Å². The molecule has 1 N–H and O–H groups in total. The molecule has 1 rings (SSSR count). The molecule has 1 aliphatic carbocycles. The zero-order valence-electron chi connectivity index (χ0n) is 9.01. The normalized spacial score (nSPS) is 21.7. The number of likely N-dealkylation sites (N-methyl/N-ethyl adjacent to an activating group) is 1. The second-order valence-electron chi connectivity index (χ2n) is 4.18. The van der Waals surface area contributed by atoms with Gasteiger partial charge in [-0.05, 0) is 19.4 Å². The molecular weight excluding hydrogens is 162 g/mol. The second kappa shape index (κ2) is 6.39. The lowest BCUT2D eigenvalue weighted by molar-refractivity contribution is 0.151. The van der Waals surface area contributed by atoms with Crippen molar-refractivity contribution in [3.8, 4) is 0 Å². The van der Waals surface area contributed by atoms with E-state index in [-0.39, 0.29) is 0 Å². The van der Waals surface area contributed by atoms with Gasteiger partial charge in [0.15, 0.2) is 0 Å². The molecule has 1 saturated carbocycles. The molecule has 0 spiro atoms. The highest BCUT2D eigenvalue weighted by atomic mass is 16.5. The van der Waals surface area contributed by atoms with E-state index in [1.165, 1.54) is 38.5 Å². The van der Waals surface area contributed by atoms with Crippen molar-refractivity contribution in [1.82, 2.24) is 5.32 Å². The monoisotopic (exact) mass is 185 g/mol. The fourth-order valence-electron chi connectivity index (χ4n) is 2.30. The molecule has 0 aliphatic heterocycles. The van der Waals surface area contributed by atoms with Gasteiger partial charge in [0.1, 0.15) is 0 Å². The predicted molar refractivity (Wildman–Crippen MR) is 55.9 cm³/mol. The summed E-state index contributed by atoms with van der Waals surface area (Å²) >= 11 is 0. The van der Waals surface area contributed by atoms with Gasteiger partial charge < -0.3 is 10.1 Å². The molecule has 0 heterocycles. The molecule has 0 saturated heterocycles. The van der Waals surface area contributed by atoms with Crippen molar-refractivity contribution in [3.05, 3.63) is 0 Å². The highest BCUT2D eigenvalue weighted by Crippen LogP contribution is 2.27. The Morgan fingerprint density at radius 1 is 1.31 bits per heavy atom. The summed E-state index contributed by atoms with van der Waals surface area (Å²) in [4.78, 5) is 0. The van der Waals surface area contributed by atoms with Gasteiger partial charge in [0, 0.05) is 13.2 Å². The molecule has 1 unspecified atom stereocenters. The third-order valence-corrected chi connectivity index (χ3v) is 3.12. The van der Waals surface area contributed by atoms with E-state index in [2.05, 4.69) is 5.32 Å². The zero-order valence-corrected chi connectivity index (χ0v) is 9.01. The van der Waals surface area contributed by atoms with Crippen LogP contribution < -0.4 is 5.32 Å². The lowest BCUT2D eigenvalue weighted by Crippen LogP contribution is -2.32. The summed E-state index contributed by atoms with van der Waals surface area (Å²) in [5.41, 5.74) is 0. The fraction of sp³-hybridized carbons (Fsp3) is 1.00. The maximum absolute atomic E-state index is 5.17. The van der Waals surface area contributed by atoms with Crippen LogP contribution in [0.4, 0.5) is 0 Å². The van der Waals surface area contributed by atoms with E-state index in [1.807, 2.05) is 7.05 Å². The summed E-state index contributed by atoms with van der Waals surface area (Å²) in [6.45, 7) is 0.854. The fourth-order valence-corrected chi connectivity index (χ4v) is 2.30. The van der Waals surface area contributed by atoms with Crippen LogP contribution in [0, 0.1) is 5.92 Å². The van der Waals surface area contributed by atoms with E-state index in [0.29, 0.717) is 6.04 Å². The minimum absolute atomic E-state index is 0.563. The zero-order chi connectivity index (χ0) is 9.52. The second-order valence-corrected chi connectivity index (χ2v) is 4.18. The Bertz CT molecular complexity index is 119. The molecule has 0 bridgehead atoms. The molecule has 0 aromatic carbocycles. The molecule has 1 atom stereocenters. The third-order valence-electron chi connectivity index (χ3n) is 3.12. The van der Waals surface area contributed by atoms with Gasteiger partial charge in [-0.25, -0.2) is 0 Å². The molecule has 2 heteroatoms. The summed E-state index contributed by atoms with van der Waals surface area (Å²) in [5.74, 6) is 0.946. The quantitative estimate of drug-likeness (QED) is 0.709. The molecule has 1 fully saturated rings. The molecule has 0 radical (unpaired) electrons. The van der Waals surface area contributed by atoms with Crippen LogP contribution in [0.1, 0.15) is 38.5 Å². The molecular formula is C11H23NO. The lowest BCUT2D eigenvalue weighted by Gasteiger charge is -2.25. The van der Waals surface area contributed by atoms with E-state index in [9.17, 15) is 0 Å². The summed E-state index contributed by atoms with van der Waals surface area (Å²) in [6.07, 6.45) is 8.49. The Balaban J connectivity index is 2.18. The van der Waals surface area contributed by atoms with Gasteiger partial charge in [-0.15, -0.1) is 0 Å². The van der Waals surface area contributed by atoms with Gasteiger partial charge >= 0.3 is 0 Å². The van der Waals surface area contributed by atoms with Gasteiger partial charge in [0.25, 0.3) is 0 Å². The Morgan fingerprint density at radius 2 is 2.00 bits per heavy atom. The standard InChI is InChI=1S/C11H23NO/c1-12-11(9-13-2)8-10-6-4-3-5-7-10/h10-12H,3-9H2,1-2H3. The van der Waals surface area contributed by atoms with Crippen molar-refractivity contribution in [2.45, 2.75) is 44.6 Å². The maximum atomic E-state index is 5.17. The Kier molecular flexibility index (Phi) is 5.40. The van der Waals surface area contributed by atoms with Crippen LogP contribution in [-0.2, 0) is 4.74 Å². The number of methoxy groups -OCH3 is 1. The Hall–Kier alpha value is -0.0800. The summed E-state index contributed by atoms with van der Waals surface area (Å²) < 4.78 is 5.17. The summed E-state index contributed by atoms with van der Waals surface area (Å²) in [7, 11) is 3.82. The van der Waals surface area contributed by atoms with Gasteiger partial charge in [-0.2, -0.15) is 0 Å². The third kappa shape index (κ3) is 4.10. The highest BCUT2D eigenvalue weighted by molar-refractivity contribution is 4.73. The van der Waals surface area contributed by atoms with E-state index >= 15 is 0 Å². The summed E-state index contributed by atoms with van der Waals surface area (Å²) in [5, 5.41) is 3.33. The first-order chi connectivity index (χ1) is 6.36. The number of hydrogen-bond acceptors (Lipinski definition) is 2. The highest BCUT2D eigenvalue weighted by Gasteiger charge is 2.17. The van der Waals surface area contributed by atoms with E-state index < -0.39 is 0 Å². The topological polar surface area (TPSA) is 21.3 Å². The number of ether oxygens (including phenoxy) is 1. The van der Waals surface area contributed by atoms with Crippen molar-refractivity contribution < 1.29 is 4.74 Å². The number of rotatable bonds is 5. The first-order valence-corrected chi connectivity index (χ1v) is 5.53. The van der Waals surface area contributed by atoms with Gasteiger partial charge in [-0.1, -0.05) is 32.1 Å². The average molecular weight is 185 g/mol. The van der Waals surface area contributed by atoms with Crippen LogP contribution in [0.2, 0.25) is 0 Å². The van der Waals surface area contributed by atoms with Crippen LogP contribution in [0.3, 0.4) is 0 Å². The lowest BCUT2D eigenvalue weighted by atomic mass is 9.85. The Morgan fingerprint density at radius 3 is 2.54 bits per heavy atom. The van der Waals surface area contributed by atoms with Crippen molar-refractivity contribution in [2.75, 3.05) is 20.8 Å². The van der Waals surface area contributed by atoms with Gasteiger partial charge in [0.2, 0.25) is 0 Å². The van der Waals surface area contributed by atoms with E-state index in [0.717, 1.165) is 12.5 Å². The first kappa shape index (κ1) is 11.0. The molecule has 2 nitrogen and oxygen atoms in total. The molecule has 0 amide bonds. The van der Waals surface area contributed by atoms with Crippen molar-refractivity contribution in [2.24, 2.45) is 5.92 Å². The Labute approximate surface area is 82.0 Å². The molecule has 0 aromatic heterocycles. The SMILES string of the molecule is CNC(COC)CC1CCCCC1. The molecule has 78 valence electrons. The number of nitrogens with one attached hydrogen (secondary N) is 1. The first-order valence-electron chi connectivity index (χ1n) is 5.53. The largest absolute Gasteiger partial charge is 0.383 e. The minimum atomic E-state index is 0.563. The number of hydrogen-bond donors (Lipinski definition) is 1. The van der Waals surface area contributed by atoms with Crippen molar-refractivity contribution >= 4 is 0 Å². The molecule has 13 heavy (non-hydrogen) atoms. The van der Waals surface area contributed by atoms with Crippen molar-refractivity contribution in [1.29, 1.82) is 0 Å². The van der Waals surface area contributed by atoms with Crippen molar-refractivity contribution in [3.63, 3.8) is 0 Å². The van der Waals surface area contributed by atoms with Crippen LogP contribution in [-0.4, -0.2) is 26.8 Å². The maximum Gasteiger partial charge on any atom is 0.0615 e. The molecule has 1 aliphatic rings. The predicted octanol–water partition coefficient (Wildman–Crippen LogP) is 2.19. The van der Waals surface area contributed by atoms with Gasteiger partial charge in [0.05, 0.1) is 6.61 Å². The molecule has 0 aromatic rings. The average Bonchev–Trinajstić information content (AvgIpc) is 2.19. The smallest absolute Gasteiger partial charge is 0.0615 e. The van der Waals surface area contributed by atoms with Crippen LogP contribution in [0.15, 0.2) is 0 Å². The summed E-state index contributed by atoms with van der Waals surface area (Å²) in [6, 6.07) is 0.563. The van der Waals surface area contributed by atoms with E-state index in [4.69, 9.17) is 4.74 Å². The van der Waals surface area contributed by atoms with Gasteiger partial charge in [-0.3, -0.25) is 0 Å². The van der Waals surface area contributed by atoms with E-state index in [1.54, 1.807) is 7.11 Å². The van der Waals surface area contributed by atoms with Crippen LogP contribution in [0.25, 0.3) is 0 Å².